The van der Waals surface area contributed by atoms with Gasteiger partial charge < -0.3 is 9.87 Å². The number of fused-ring (bicyclic) bond motifs is 3. The molecule has 0 fully saturated rings. The molecule has 5 aromatic rings. The van der Waals surface area contributed by atoms with Gasteiger partial charge in [0.2, 0.25) is 0 Å². The second-order valence-corrected chi connectivity index (χ2v) is 11.4. The molecule has 206 valence electrons. The molecular weight excluding hydrogens is 580 g/mol. The molecule has 4 N–H and O–H groups in total. The summed E-state index contributed by atoms with van der Waals surface area (Å²) in [6, 6.07) is 17.9. The van der Waals surface area contributed by atoms with E-state index in [1.807, 2.05) is 0 Å². The van der Waals surface area contributed by atoms with Crippen molar-refractivity contribution in [3.05, 3.63) is 77.9 Å². The van der Waals surface area contributed by atoms with Crippen molar-refractivity contribution in [2.24, 2.45) is 0 Å². The maximum atomic E-state index is 12.3. The minimum Gasteiger partial charge on any atom is -0.388 e. The molecular formula is C25H20N4O8S3. The molecule has 0 aliphatic heterocycles. The standard InChI is InChI=1S/C25H20N4O8S3/c1-26-17-10-8-15(22(12-17)38-37-36-30)6-7-16-9-11-18(13-24(16)40(33,34)35)29-27-21-14-23(39(31)32)19-4-2-3-5-20(19)25(21)28-29/h2-14,26,30H,1H3,(H,31,32)(H,33,34,35)/b7-6+. The first kappa shape index (κ1) is 27.9. The zero-order valence-electron chi connectivity index (χ0n) is 20.5. The van der Waals surface area contributed by atoms with E-state index < -0.39 is 21.2 Å². The zero-order chi connectivity index (χ0) is 28.4. The van der Waals surface area contributed by atoms with Gasteiger partial charge in [0, 0.05) is 28.4 Å². The van der Waals surface area contributed by atoms with E-state index in [1.165, 1.54) is 29.1 Å². The first-order valence-electron chi connectivity index (χ1n) is 11.4. The molecule has 0 amide bonds. The van der Waals surface area contributed by atoms with Crippen LogP contribution in [0.3, 0.4) is 0 Å². The Balaban J connectivity index is 1.58. The van der Waals surface area contributed by atoms with Crippen molar-refractivity contribution in [2.45, 2.75) is 14.7 Å². The second kappa shape index (κ2) is 11.4. The lowest BCUT2D eigenvalue weighted by molar-refractivity contribution is -0.432. The van der Waals surface area contributed by atoms with Crippen LogP contribution in [0.5, 0.6) is 0 Å². The van der Waals surface area contributed by atoms with Gasteiger partial charge in [-0.15, -0.1) is 14.5 Å². The summed E-state index contributed by atoms with van der Waals surface area (Å²) in [7, 11) is -2.94. The number of hydrogen-bond acceptors (Lipinski definition) is 10. The predicted molar refractivity (Wildman–Crippen MR) is 151 cm³/mol. The van der Waals surface area contributed by atoms with Gasteiger partial charge in [0.1, 0.15) is 15.9 Å². The van der Waals surface area contributed by atoms with E-state index in [4.69, 9.17) is 5.26 Å². The van der Waals surface area contributed by atoms with Crippen LogP contribution in [0.25, 0.3) is 39.6 Å². The molecule has 0 aliphatic rings. The van der Waals surface area contributed by atoms with Gasteiger partial charge in [0.15, 0.2) is 11.1 Å². The monoisotopic (exact) mass is 600 g/mol. The summed E-state index contributed by atoms with van der Waals surface area (Å²) in [5.41, 5.74) is 2.56. The molecule has 1 aromatic heterocycles. The molecule has 0 bridgehead atoms. The van der Waals surface area contributed by atoms with E-state index in [2.05, 4.69) is 24.9 Å². The number of nitrogens with one attached hydrogen (secondary N) is 1. The summed E-state index contributed by atoms with van der Waals surface area (Å²) >= 11 is -1.53. The van der Waals surface area contributed by atoms with E-state index in [0.29, 0.717) is 32.3 Å². The lowest BCUT2D eigenvalue weighted by atomic mass is 10.1. The van der Waals surface area contributed by atoms with E-state index in [-0.39, 0.29) is 21.0 Å². The molecule has 1 unspecified atom stereocenters. The van der Waals surface area contributed by atoms with Crippen LogP contribution in [0, 0.1) is 0 Å². The molecule has 5 rings (SSSR count). The van der Waals surface area contributed by atoms with Gasteiger partial charge in [-0.05, 0) is 41.5 Å². The van der Waals surface area contributed by atoms with Crippen LogP contribution in [0.2, 0.25) is 0 Å². The predicted octanol–water partition coefficient (Wildman–Crippen LogP) is 5.04. The molecule has 40 heavy (non-hydrogen) atoms. The van der Waals surface area contributed by atoms with Crippen LogP contribution in [-0.2, 0) is 30.6 Å². The normalized spacial score (nSPS) is 12.9. The van der Waals surface area contributed by atoms with Crippen molar-refractivity contribution in [3.8, 4) is 5.69 Å². The van der Waals surface area contributed by atoms with Crippen molar-refractivity contribution in [3.63, 3.8) is 0 Å². The highest BCUT2D eigenvalue weighted by molar-refractivity contribution is 7.94. The summed E-state index contributed by atoms with van der Waals surface area (Å²) in [5, 5.41) is 25.2. The van der Waals surface area contributed by atoms with Gasteiger partial charge in [-0.1, -0.05) is 53.6 Å². The Morgan fingerprint density at radius 1 is 1.00 bits per heavy atom. The molecule has 0 radical (unpaired) electrons. The van der Waals surface area contributed by atoms with Crippen molar-refractivity contribution in [2.75, 3.05) is 12.4 Å². The van der Waals surface area contributed by atoms with Crippen LogP contribution >= 0.6 is 12.0 Å². The maximum Gasteiger partial charge on any atom is 0.295 e. The lowest BCUT2D eigenvalue weighted by Crippen LogP contribution is -2.05. The molecule has 0 saturated carbocycles. The summed E-state index contributed by atoms with van der Waals surface area (Å²) < 4.78 is 60.9. The molecule has 12 nitrogen and oxygen atoms in total. The first-order chi connectivity index (χ1) is 19.2. The number of anilines is 1. The van der Waals surface area contributed by atoms with Crippen molar-refractivity contribution in [1.82, 2.24) is 15.0 Å². The van der Waals surface area contributed by atoms with Crippen LogP contribution in [0.1, 0.15) is 11.1 Å². The summed E-state index contributed by atoms with van der Waals surface area (Å²) in [4.78, 5) is 1.52. The summed E-state index contributed by atoms with van der Waals surface area (Å²) in [6.45, 7) is 0. The van der Waals surface area contributed by atoms with Gasteiger partial charge in [0.25, 0.3) is 10.1 Å². The number of rotatable bonds is 9. The van der Waals surface area contributed by atoms with Gasteiger partial charge in [-0.25, -0.2) is 9.47 Å². The highest BCUT2D eigenvalue weighted by Crippen LogP contribution is 2.31. The van der Waals surface area contributed by atoms with Crippen molar-refractivity contribution >= 4 is 72.9 Å². The molecule has 1 heterocycles. The van der Waals surface area contributed by atoms with Gasteiger partial charge in [-0.3, -0.25) is 4.55 Å². The average Bonchev–Trinajstić information content (AvgIpc) is 3.38. The van der Waals surface area contributed by atoms with Crippen LogP contribution in [0.15, 0.2) is 81.4 Å². The zero-order valence-corrected chi connectivity index (χ0v) is 22.9. The highest BCUT2D eigenvalue weighted by atomic mass is 32.2. The molecule has 0 spiro atoms. The van der Waals surface area contributed by atoms with Gasteiger partial charge in [0.05, 0.1) is 22.6 Å². The Kier molecular flexibility index (Phi) is 7.97. The van der Waals surface area contributed by atoms with E-state index in [0.717, 1.165) is 17.7 Å². The Hall–Kier alpha value is -3.67. The minimum atomic E-state index is -4.67. The largest absolute Gasteiger partial charge is 0.388 e. The van der Waals surface area contributed by atoms with Crippen molar-refractivity contribution in [1.29, 1.82) is 0 Å². The van der Waals surface area contributed by atoms with Crippen LogP contribution < -0.4 is 5.32 Å². The highest BCUT2D eigenvalue weighted by Gasteiger charge is 2.19. The Morgan fingerprint density at radius 2 is 1.73 bits per heavy atom. The van der Waals surface area contributed by atoms with E-state index >= 15 is 0 Å². The van der Waals surface area contributed by atoms with Crippen molar-refractivity contribution < 1.29 is 36.4 Å². The molecule has 4 aromatic carbocycles. The second-order valence-electron chi connectivity index (χ2n) is 8.29. The molecule has 15 heteroatoms. The summed E-state index contributed by atoms with van der Waals surface area (Å²) in [5.74, 6) is 0. The number of aromatic nitrogens is 3. The number of hydrogen-bond donors (Lipinski definition) is 4. The molecule has 0 saturated heterocycles. The average molecular weight is 601 g/mol. The van der Waals surface area contributed by atoms with Crippen LogP contribution in [-0.4, -0.2) is 49.0 Å². The van der Waals surface area contributed by atoms with Crippen LogP contribution in [0.4, 0.5) is 5.69 Å². The summed E-state index contributed by atoms with van der Waals surface area (Å²) in [6.07, 6.45) is 3.10. The van der Waals surface area contributed by atoms with E-state index in [9.17, 15) is 21.7 Å². The van der Waals surface area contributed by atoms with Gasteiger partial charge >= 0.3 is 0 Å². The minimum absolute atomic E-state index is 0.172. The third kappa shape index (κ3) is 5.63. The topological polar surface area (TPSA) is 173 Å². The van der Waals surface area contributed by atoms with E-state index in [1.54, 1.807) is 61.7 Å². The quantitative estimate of drug-likeness (QED) is 0.0444. The molecule has 0 aliphatic carbocycles. The third-order valence-corrected chi connectivity index (χ3v) is 8.23. The maximum absolute atomic E-state index is 12.3. The van der Waals surface area contributed by atoms with Gasteiger partial charge in [-0.2, -0.15) is 13.2 Å². The Labute approximate surface area is 234 Å². The fourth-order valence-corrected chi connectivity index (χ4v) is 5.91. The smallest absolute Gasteiger partial charge is 0.295 e. The Morgan fingerprint density at radius 3 is 2.42 bits per heavy atom. The Bertz CT molecular complexity index is 1910. The SMILES string of the molecule is CNc1ccc(/C=C/c2ccc(-n3nc4cc(S(=O)O)c5ccccc5c4n3)cc2S(=O)(=O)O)c(SOOO)c1. The fraction of sp³-hybridized carbons (Fsp3) is 0.0400. The molecule has 1 atom stereocenters. The lowest BCUT2D eigenvalue weighted by Gasteiger charge is -2.08. The third-order valence-electron chi connectivity index (χ3n) is 5.95. The first-order valence-corrected chi connectivity index (χ1v) is 14.6. The fourth-order valence-electron chi connectivity index (χ4n) is 4.11. The number of benzene rings is 4. The number of nitrogens with zero attached hydrogens (tertiary/aromatic N) is 3.